The number of benzene rings is 1. The summed E-state index contributed by atoms with van der Waals surface area (Å²) < 4.78 is 0. The zero-order valence-corrected chi connectivity index (χ0v) is 14.7. The second-order valence-electron chi connectivity index (χ2n) is 6.88. The highest BCUT2D eigenvalue weighted by molar-refractivity contribution is 5.94. The first kappa shape index (κ1) is 16.5. The van der Waals surface area contributed by atoms with Gasteiger partial charge in [-0.2, -0.15) is 0 Å². The molecule has 0 bridgehead atoms. The van der Waals surface area contributed by atoms with Gasteiger partial charge in [0, 0.05) is 44.5 Å². The fourth-order valence-electron chi connectivity index (χ4n) is 3.20. The molecule has 1 aliphatic rings. The van der Waals surface area contributed by atoms with Crippen LogP contribution in [0.2, 0.25) is 0 Å². The third-order valence-corrected chi connectivity index (χ3v) is 4.60. The number of nitrogens with zero attached hydrogens (tertiary/aromatic N) is 3. The molecular weight excluding hydrogens is 298 g/mol. The van der Waals surface area contributed by atoms with Crippen molar-refractivity contribution in [2.24, 2.45) is 5.92 Å². The fraction of sp³-hybridized carbons (Fsp3) is 0.400. The largest absolute Gasteiger partial charge is 0.356 e. The Morgan fingerprint density at radius 1 is 1.12 bits per heavy atom. The van der Waals surface area contributed by atoms with Crippen molar-refractivity contribution in [2.75, 3.05) is 32.1 Å². The molecule has 4 nitrogen and oxygen atoms in total. The Morgan fingerprint density at radius 2 is 1.83 bits per heavy atom. The summed E-state index contributed by atoms with van der Waals surface area (Å²) >= 11 is 0. The molecule has 1 aromatic heterocycles. The number of carbonyl (C=O) groups excluding carboxylic acids is 1. The molecule has 1 aromatic carbocycles. The average molecular weight is 323 g/mol. The molecular formula is C20H25N3O. The lowest BCUT2D eigenvalue weighted by Gasteiger charge is -2.31. The molecule has 2 aromatic rings. The number of carbonyl (C=O) groups is 1. The highest BCUT2D eigenvalue weighted by Gasteiger charge is 2.17. The van der Waals surface area contributed by atoms with Crippen LogP contribution in [0.3, 0.4) is 0 Å². The molecule has 3 rings (SSSR count). The topological polar surface area (TPSA) is 36.4 Å². The van der Waals surface area contributed by atoms with Crippen molar-refractivity contribution >= 4 is 11.7 Å². The minimum Gasteiger partial charge on any atom is -0.356 e. The predicted octanol–water partition coefficient (Wildman–Crippen LogP) is 3.69. The van der Waals surface area contributed by atoms with Crippen LogP contribution < -0.4 is 4.90 Å². The van der Waals surface area contributed by atoms with E-state index in [1.807, 2.05) is 30.5 Å². The monoisotopic (exact) mass is 323 g/mol. The summed E-state index contributed by atoms with van der Waals surface area (Å²) in [7, 11) is 3.53. The quantitative estimate of drug-likeness (QED) is 0.864. The Morgan fingerprint density at radius 3 is 2.42 bits per heavy atom. The van der Waals surface area contributed by atoms with Crippen LogP contribution in [0.1, 0.15) is 30.1 Å². The molecule has 1 saturated heterocycles. The molecule has 1 atom stereocenters. The zero-order chi connectivity index (χ0) is 17.1. The highest BCUT2D eigenvalue weighted by atomic mass is 16.2. The number of pyridine rings is 1. The smallest absolute Gasteiger partial charge is 0.253 e. The minimum absolute atomic E-state index is 0.0224. The van der Waals surface area contributed by atoms with Crippen molar-refractivity contribution in [3.63, 3.8) is 0 Å². The molecule has 2 heterocycles. The van der Waals surface area contributed by atoms with Crippen molar-refractivity contribution in [2.45, 2.75) is 19.8 Å². The number of hydrogen-bond donors (Lipinski definition) is 0. The maximum absolute atomic E-state index is 11.9. The summed E-state index contributed by atoms with van der Waals surface area (Å²) in [5.41, 5.74) is 2.86. The Hall–Kier alpha value is -2.36. The Bertz CT molecular complexity index is 692. The maximum Gasteiger partial charge on any atom is 0.253 e. The first-order valence-corrected chi connectivity index (χ1v) is 8.57. The van der Waals surface area contributed by atoms with Crippen LogP contribution >= 0.6 is 0 Å². The third kappa shape index (κ3) is 3.58. The molecule has 126 valence electrons. The zero-order valence-electron chi connectivity index (χ0n) is 14.7. The lowest BCUT2D eigenvalue weighted by atomic mass is 10.0. The van der Waals surface area contributed by atoms with E-state index in [1.54, 1.807) is 19.0 Å². The molecule has 0 radical (unpaired) electrons. The lowest BCUT2D eigenvalue weighted by Crippen LogP contribution is -2.34. The van der Waals surface area contributed by atoms with E-state index in [0.717, 1.165) is 36.0 Å². The predicted molar refractivity (Wildman–Crippen MR) is 98.3 cm³/mol. The molecule has 24 heavy (non-hydrogen) atoms. The van der Waals surface area contributed by atoms with Crippen LogP contribution in [0, 0.1) is 5.92 Å². The molecule has 4 heteroatoms. The molecule has 1 amide bonds. The van der Waals surface area contributed by atoms with E-state index in [-0.39, 0.29) is 5.91 Å². The van der Waals surface area contributed by atoms with E-state index in [0.29, 0.717) is 5.56 Å². The normalized spacial score (nSPS) is 17.6. The number of rotatable bonds is 3. The van der Waals surface area contributed by atoms with E-state index in [9.17, 15) is 4.79 Å². The molecule has 0 saturated carbocycles. The van der Waals surface area contributed by atoms with Gasteiger partial charge in [-0.25, -0.2) is 4.98 Å². The summed E-state index contributed by atoms with van der Waals surface area (Å²) in [6.07, 6.45) is 4.48. The first-order valence-electron chi connectivity index (χ1n) is 8.57. The Balaban J connectivity index is 1.74. The number of amides is 1. The van der Waals surface area contributed by atoms with Gasteiger partial charge in [-0.1, -0.05) is 19.1 Å². The van der Waals surface area contributed by atoms with Crippen molar-refractivity contribution in [3.8, 4) is 11.1 Å². The van der Waals surface area contributed by atoms with Gasteiger partial charge in [0.25, 0.3) is 5.91 Å². The molecule has 1 aliphatic heterocycles. The third-order valence-electron chi connectivity index (χ3n) is 4.60. The summed E-state index contributed by atoms with van der Waals surface area (Å²) in [5.74, 6) is 1.82. The highest BCUT2D eigenvalue weighted by Crippen LogP contribution is 2.24. The fourth-order valence-corrected chi connectivity index (χ4v) is 3.20. The molecule has 1 fully saturated rings. The molecule has 0 spiro atoms. The summed E-state index contributed by atoms with van der Waals surface area (Å²) in [6.45, 7) is 4.49. The van der Waals surface area contributed by atoms with Crippen LogP contribution in [0.5, 0.6) is 0 Å². The van der Waals surface area contributed by atoms with E-state index >= 15 is 0 Å². The van der Waals surface area contributed by atoms with E-state index < -0.39 is 0 Å². The maximum atomic E-state index is 11.9. The van der Waals surface area contributed by atoms with E-state index in [2.05, 4.69) is 28.9 Å². The minimum atomic E-state index is 0.0224. The van der Waals surface area contributed by atoms with Gasteiger partial charge >= 0.3 is 0 Å². The number of anilines is 1. The second-order valence-corrected chi connectivity index (χ2v) is 6.88. The van der Waals surface area contributed by atoms with Gasteiger partial charge in [-0.3, -0.25) is 4.79 Å². The lowest BCUT2D eigenvalue weighted by molar-refractivity contribution is 0.0827. The summed E-state index contributed by atoms with van der Waals surface area (Å²) in [6, 6.07) is 11.9. The van der Waals surface area contributed by atoms with Crippen LogP contribution in [0.4, 0.5) is 5.82 Å². The molecule has 0 aliphatic carbocycles. The van der Waals surface area contributed by atoms with Crippen LogP contribution in [0.15, 0.2) is 42.6 Å². The van der Waals surface area contributed by atoms with Crippen molar-refractivity contribution in [1.29, 1.82) is 0 Å². The molecule has 0 N–H and O–H groups in total. The second kappa shape index (κ2) is 7.04. The van der Waals surface area contributed by atoms with Crippen molar-refractivity contribution in [3.05, 3.63) is 48.2 Å². The van der Waals surface area contributed by atoms with Gasteiger partial charge in [-0.15, -0.1) is 0 Å². The van der Waals surface area contributed by atoms with Gasteiger partial charge in [0.15, 0.2) is 0 Å². The van der Waals surface area contributed by atoms with Gasteiger partial charge in [0.05, 0.1) is 0 Å². The Labute approximate surface area is 144 Å². The van der Waals surface area contributed by atoms with Gasteiger partial charge in [0.2, 0.25) is 0 Å². The van der Waals surface area contributed by atoms with Crippen LogP contribution in [-0.2, 0) is 0 Å². The van der Waals surface area contributed by atoms with Gasteiger partial charge < -0.3 is 9.80 Å². The van der Waals surface area contributed by atoms with Gasteiger partial charge in [0.1, 0.15) is 5.82 Å². The van der Waals surface area contributed by atoms with Gasteiger partial charge in [-0.05, 0) is 48.6 Å². The molecule has 1 unspecified atom stereocenters. The SMILES string of the molecule is CC1CCCN(c2ccc(-c3ccc(C(=O)N(C)C)cc3)cn2)C1. The standard InChI is InChI=1S/C20H25N3O/c1-15-5-4-12-23(14-15)19-11-10-18(13-21-19)16-6-8-17(9-7-16)20(24)22(2)3/h6-11,13,15H,4-5,12,14H2,1-3H3. The first-order chi connectivity index (χ1) is 11.5. The van der Waals surface area contributed by atoms with Crippen molar-refractivity contribution < 1.29 is 4.79 Å². The van der Waals surface area contributed by atoms with Crippen LogP contribution in [0.25, 0.3) is 11.1 Å². The van der Waals surface area contributed by atoms with E-state index in [4.69, 9.17) is 0 Å². The number of hydrogen-bond acceptors (Lipinski definition) is 3. The summed E-state index contributed by atoms with van der Waals surface area (Å²) in [5, 5.41) is 0. The summed E-state index contributed by atoms with van der Waals surface area (Å²) in [4.78, 5) is 20.6. The van der Waals surface area contributed by atoms with Crippen molar-refractivity contribution in [1.82, 2.24) is 9.88 Å². The van der Waals surface area contributed by atoms with Crippen LogP contribution in [-0.4, -0.2) is 43.0 Å². The number of aromatic nitrogens is 1. The average Bonchev–Trinajstić information content (AvgIpc) is 2.61. The number of piperidine rings is 1. The van der Waals surface area contributed by atoms with E-state index in [1.165, 1.54) is 12.8 Å². The Kier molecular flexibility index (Phi) is 4.84.